The number of hydrogen-bond donors (Lipinski definition) is 3. The maximum Gasteiger partial charge on any atom is 0.123 e. The second-order valence-corrected chi connectivity index (χ2v) is 7.45. The molecule has 1 saturated heterocycles. The highest BCUT2D eigenvalue weighted by atomic mass is 32.1. The predicted molar refractivity (Wildman–Crippen MR) is 97.4 cm³/mol. The van der Waals surface area contributed by atoms with Gasteiger partial charge in [0.25, 0.3) is 0 Å². The number of halogens is 1. The summed E-state index contributed by atoms with van der Waals surface area (Å²) in [4.78, 5) is 3.63. The van der Waals surface area contributed by atoms with Crippen LogP contribution < -0.4 is 16.2 Å². The molecule has 0 saturated carbocycles. The predicted octanol–water partition coefficient (Wildman–Crippen LogP) is 2.54. The number of thiophene rings is 1. The average Bonchev–Trinajstić information content (AvgIpc) is 3.23. The molecule has 1 aromatic carbocycles. The van der Waals surface area contributed by atoms with Gasteiger partial charge in [-0.2, -0.15) is 0 Å². The summed E-state index contributed by atoms with van der Waals surface area (Å²) in [5.74, 6) is 0.241. The first-order valence-electron chi connectivity index (χ1n) is 8.29. The molecule has 0 amide bonds. The molecule has 0 bridgehead atoms. The minimum Gasteiger partial charge on any atom is -0.314 e. The van der Waals surface area contributed by atoms with Gasteiger partial charge in [0.15, 0.2) is 0 Å². The topological polar surface area (TPSA) is 39.3 Å². The monoisotopic (exact) mass is 348 g/mol. The Morgan fingerprint density at radius 3 is 2.75 bits per heavy atom. The Morgan fingerprint density at radius 1 is 1.29 bits per heavy atom. The number of benzene rings is 1. The minimum absolute atomic E-state index is 0.191. The van der Waals surface area contributed by atoms with Crippen LogP contribution in [0.3, 0.4) is 0 Å². The molecular formula is C18H25FN4S. The highest BCUT2D eigenvalue weighted by Crippen LogP contribution is 2.25. The van der Waals surface area contributed by atoms with Crippen LogP contribution >= 0.6 is 11.3 Å². The first-order chi connectivity index (χ1) is 11.6. The van der Waals surface area contributed by atoms with Crippen molar-refractivity contribution >= 4 is 11.3 Å². The second-order valence-electron chi connectivity index (χ2n) is 6.47. The molecular weight excluding hydrogens is 323 g/mol. The molecule has 2 heterocycles. The molecule has 24 heavy (non-hydrogen) atoms. The number of likely N-dealkylation sites (N-methyl/N-ethyl adjacent to an activating group) is 1. The maximum absolute atomic E-state index is 13.1. The summed E-state index contributed by atoms with van der Waals surface area (Å²) in [5, 5.41) is 5.75. The van der Waals surface area contributed by atoms with Gasteiger partial charge in [0.2, 0.25) is 0 Å². The van der Waals surface area contributed by atoms with Crippen molar-refractivity contribution in [1.82, 2.24) is 21.1 Å². The molecule has 3 unspecified atom stereocenters. The average molecular weight is 348 g/mol. The Bertz CT molecular complexity index is 614. The van der Waals surface area contributed by atoms with E-state index in [9.17, 15) is 4.39 Å². The van der Waals surface area contributed by atoms with Gasteiger partial charge in [-0.15, -0.1) is 11.3 Å². The molecule has 1 aliphatic rings. The van der Waals surface area contributed by atoms with Crippen molar-refractivity contribution in [2.45, 2.75) is 12.1 Å². The molecule has 1 fully saturated rings. The van der Waals surface area contributed by atoms with Gasteiger partial charge in [0.05, 0.1) is 12.1 Å². The van der Waals surface area contributed by atoms with Crippen molar-refractivity contribution in [3.8, 4) is 0 Å². The van der Waals surface area contributed by atoms with E-state index in [1.807, 2.05) is 12.1 Å². The lowest BCUT2D eigenvalue weighted by molar-refractivity contribution is 0.286. The fourth-order valence-corrected chi connectivity index (χ4v) is 4.10. The van der Waals surface area contributed by atoms with Crippen LogP contribution in [0.2, 0.25) is 0 Å². The van der Waals surface area contributed by atoms with Gasteiger partial charge < -0.3 is 10.2 Å². The molecule has 0 spiro atoms. The van der Waals surface area contributed by atoms with Gasteiger partial charge in [-0.25, -0.2) is 9.82 Å². The molecule has 3 N–H and O–H groups in total. The number of rotatable bonds is 7. The SMILES string of the molecule is CN(C)C(CNCC1CNNC1c1ccc(F)cc1)c1cccs1. The van der Waals surface area contributed by atoms with E-state index in [1.165, 1.54) is 17.0 Å². The Kier molecular flexibility index (Phi) is 5.97. The quantitative estimate of drug-likeness (QED) is 0.719. The van der Waals surface area contributed by atoms with E-state index >= 15 is 0 Å². The van der Waals surface area contributed by atoms with E-state index in [4.69, 9.17) is 0 Å². The molecule has 1 aliphatic heterocycles. The molecule has 0 radical (unpaired) electrons. The van der Waals surface area contributed by atoms with E-state index in [2.05, 4.69) is 52.7 Å². The van der Waals surface area contributed by atoms with Crippen LogP contribution in [0.25, 0.3) is 0 Å². The Morgan fingerprint density at radius 2 is 2.08 bits per heavy atom. The van der Waals surface area contributed by atoms with Crippen LogP contribution in [0, 0.1) is 11.7 Å². The zero-order valence-electron chi connectivity index (χ0n) is 14.1. The van der Waals surface area contributed by atoms with Crippen LogP contribution in [0.4, 0.5) is 4.39 Å². The standard InChI is InChI=1S/C18H25FN4S/c1-23(2)16(17-4-3-9-24-17)12-20-10-14-11-21-22-18(14)13-5-7-15(19)8-6-13/h3-9,14,16,18,20-22H,10-12H2,1-2H3. The third-order valence-electron chi connectivity index (χ3n) is 4.56. The number of nitrogens with zero attached hydrogens (tertiary/aromatic N) is 1. The maximum atomic E-state index is 13.1. The van der Waals surface area contributed by atoms with Crippen LogP contribution in [0.5, 0.6) is 0 Å². The van der Waals surface area contributed by atoms with E-state index in [0.717, 1.165) is 25.2 Å². The summed E-state index contributed by atoms with van der Waals surface area (Å²) in [6.07, 6.45) is 0. The Hall–Kier alpha value is -1.31. The first-order valence-corrected chi connectivity index (χ1v) is 9.17. The molecule has 4 nitrogen and oxygen atoms in total. The van der Waals surface area contributed by atoms with Crippen molar-refractivity contribution in [3.05, 3.63) is 58.0 Å². The smallest absolute Gasteiger partial charge is 0.123 e. The number of hydrogen-bond acceptors (Lipinski definition) is 5. The Labute approximate surface area is 147 Å². The van der Waals surface area contributed by atoms with Gasteiger partial charge in [0.1, 0.15) is 5.82 Å². The van der Waals surface area contributed by atoms with Crippen molar-refractivity contribution in [3.63, 3.8) is 0 Å². The normalized spacial score (nSPS) is 22.2. The third kappa shape index (κ3) is 4.20. The fourth-order valence-electron chi connectivity index (χ4n) is 3.18. The fraction of sp³-hybridized carbons (Fsp3) is 0.444. The zero-order valence-corrected chi connectivity index (χ0v) is 14.9. The van der Waals surface area contributed by atoms with Crippen LogP contribution in [-0.4, -0.2) is 38.6 Å². The lowest BCUT2D eigenvalue weighted by Gasteiger charge is -2.25. The lowest BCUT2D eigenvalue weighted by Crippen LogP contribution is -2.35. The van der Waals surface area contributed by atoms with E-state index in [0.29, 0.717) is 12.0 Å². The number of hydrazine groups is 1. The van der Waals surface area contributed by atoms with E-state index in [-0.39, 0.29) is 11.9 Å². The minimum atomic E-state index is -0.191. The molecule has 1 aromatic heterocycles. The van der Waals surface area contributed by atoms with E-state index in [1.54, 1.807) is 11.3 Å². The second kappa shape index (κ2) is 8.18. The summed E-state index contributed by atoms with van der Waals surface area (Å²) >= 11 is 1.80. The van der Waals surface area contributed by atoms with Gasteiger partial charge in [0, 0.05) is 30.4 Å². The number of nitrogens with one attached hydrogen (secondary N) is 3. The van der Waals surface area contributed by atoms with E-state index < -0.39 is 0 Å². The zero-order chi connectivity index (χ0) is 16.9. The molecule has 3 rings (SSSR count). The van der Waals surface area contributed by atoms with Gasteiger partial charge >= 0.3 is 0 Å². The molecule has 130 valence electrons. The van der Waals surface area contributed by atoms with Crippen molar-refractivity contribution in [2.75, 3.05) is 33.7 Å². The summed E-state index contributed by atoms with van der Waals surface area (Å²) in [6.45, 7) is 2.73. The summed E-state index contributed by atoms with van der Waals surface area (Å²) in [5.41, 5.74) is 7.66. The highest BCUT2D eigenvalue weighted by molar-refractivity contribution is 7.10. The van der Waals surface area contributed by atoms with Gasteiger partial charge in [-0.05, 0) is 43.2 Å². The van der Waals surface area contributed by atoms with Crippen molar-refractivity contribution < 1.29 is 4.39 Å². The van der Waals surface area contributed by atoms with Gasteiger partial charge in [-0.3, -0.25) is 5.43 Å². The van der Waals surface area contributed by atoms with Crippen LogP contribution in [0.15, 0.2) is 41.8 Å². The molecule has 6 heteroatoms. The Balaban J connectivity index is 1.56. The van der Waals surface area contributed by atoms with Crippen molar-refractivity contribution in [2.24, 2.45) is 5.92 Å². The molecule has 2 aromatic rings. The molecule has 0 aliphatic carbocycles. The molecule has 3 atom stereocenters. The van der Waals surface area contributed by atoms with Crippen LogP contribution in [0.1, 0.15) is 22.5 Å². The van der Waals surface area contributed by atoms with Gasteiger partial charge in [-0.1, -0.05) is 18.2 Å². The summed E-state index contributed by atoms with van der Waals surface area (Å²) < 4.78 is 13.1. The largest absolute Gasteiger partial charge is 0.314 e. The lowest BCUT2D eigenvalue weighted by atomic mass is 9.95. The summed E-state index contributed by atoms with van der Waals surface area (Å²) in [6, 6.07) is 11.7. The highest BCUT2D eigenvalue weighted by Gasteiger charge is 2.28. The third-order valence-corrected chi connectivity index (χ3v) is 5.54. The van der Waals surface area contributed by atoms with Crippen molar-refractivity contribution in [1.29, 1.82) is 0 Å². The van der Waals surface area contributed by atoms with Crippen LogP contribution in [-0.2, 0) is 0 Å². The summed E-state index contributed by atoms with van der Waals surface area (Å²) in [7, 11) is 4.23. The first kappa shape index (κ1) is 17.5.